The van der Waals surface area contributed by atoms with Crippen LogP contribution in [0.4, 0.5) is 4.39 Å². The Balaban J connectivity index is 1.82. The first-order valence-electron chi connectivity index (χ1n) is 7.85. The minimum Gasteiger partial charge on any atom is -0.336 e. The van der Waals surface area contributed by atoms with E-state index in [1.54, 1.807) is 23.3 Å². The Hall–Kier alpha value is -2.56. The monoisotopic (exact) mass is 409 g/mol. The van der Waals surface area contributed by atoms with E-state index in [1.807, 2.05) is 0 Å². The Morgan fingerprint density at radius 2 is 1.67 bits per heavy atom. The van der Waals surface area contributed by atoms with Gasteiger partial charge in [-0.2, -0.15) is 0 Å². The van der Waals surface area contributed by atoms with Crippen LogP contribution in [-0.2, 0) is 26.4 Å². The van der Waals surface area contributed by atoms with Crippen LogP contribution in [0.2, 0.25) is 0 Å². The Morgan fingerprint density at radius 3 is 2.33 bits per heavy atom. The van der Waals surface area contributed by atoms with E-state index in [-0.39, 0.29) is 21.2 Å². The fraction of sp³-hybridized carbons (Fsp3) is 0.118. The lowest BCUT2D eigenvalue weighted by atomic mass is 10.3. The van der Waals surface area contributed by atoms with Crippen LogP contribution in [-0.4, -0.2) is 32.9 Å². The first-order valence-corrected chi connectivity index (χ1v) is 10.8. The molecule has 0 bridgehead atoms. The zero-order valence-electron chi connectivity index (χ0n) is 14.0. The summed E-state index contributed by atoms with van der Waals surface area (Å²) in [5, 5.41) is 0. The standard InChI is InChI=1S/C17H16FN3O4S2/c18-14-4-6-15(7-5-14)26(22,23)16-2-1-3-17(12-16)27(24,25)20-9-11-21-10-8-19-13-21/h1-8,10,12-13,20H,9,11H2. The number of nitrogens with one attached hydrogen (secondary N) is 1. The normalized spacial score (nSPS) is 12.2. The van der Waals surface area contributed by atoms with Gasteiger partial charge in [-0.05, 0) is 42.5 Å². The van der Waals surface area contributed by atoms with E-state index in [1.165, 1.54) is 18.2 Å². The molecule has 27 heavy (non-hydrogen) atoms. The maximum Gasteiger partial charge on any atom is 0.240 e. The Bertz CT molecular complexity index is 1130. The molecular formula is C17H16FN3O4S2. The van der Waals surface area contributed by atoms with E-state index >= 15 is 0 Å². The Kier molecular flexibility index (Phi) is 5.40. The first kappa shape index (κ1) is 19.2. The van der Waals surface area contributed by atoms with E-state index in [0.29, 0.717) is 6.54 Å². The molecule has 1 N–H and O–H groups in total. The van der Waals surface area contributed by atoms with Gasteiger partial charge < -0.3 is 4.57 Å². The number of benzene rings is 2. The molecule has 0 atom stereocenters. The summed E-state index contributed by atoms with van der Waals surface area (Å²) in [5.41, 5.74) is 0. The molecule has 1 heterocycles. The molecule has 0 aliphatic rings. The highest BCUT2D eigenvalue weighted by Crippen LogP contribution is 2.23. The molecule has 0 saturated heterocycles. The third-order valence-corrected chi connectivity index (χ3v) is 7.00. The van der Waals surface area contributed by atoms with E-state index in [9.17, 15) is 21.2 Å². The number of rotatable bonds is 7. The number of sulfonamides is 1. The van der Waals surface area contributed by atoms with Crippen LogP contribution in [0.5, 0.6) is 0 Å². The summed E-state index contributed by atoms with van der Waals surface area (Å²) in [7, 11) is -7.86. The van der Waals surface area contributed by atoms with Crippen molar-refractivity contribution in [3.63, 3.8) is 0 Å². The lowest BCUT2D eigenvalue weighted by Gasteiger charge is -2.09. The molecule has 3 rings (SSSR count). The van der Waals surface area contributed by atoms with Crippen molar-refractivity contribution in [2.24, 2.45) is 0 Å². The highest BCUT2D eigenvalue weighted by molar-refractivity contribution is 7.91. The average Bonchev–Trinajstić information content (AvgIpc) is 3.15. The smallest absolute Gasteiger partial charge is 0.240 e. The quantitative estimate of drug-likeness (QED) is 0.601. The van der Waals surface area contributed by atoms with Gasteiger partial charge in [0.25, 0.3) is 0 Å². The maximum atomic E-state index is 13.0. The van der Waals surface area contributed by atoms with Crippen molar-refractivity contribution in [3.8, 4) is 0 Å². The lowest BCUT2D eigenvalue weighted by Crippen LogP contribution is -2.27. The van der Waals surface area contributed by atoms with E-state index in [4.69, 9.17) is 0 Å². The molecule has 0 amide bonds. The minimum atomic E-state index is -3.97. The Morgan fingerprint density at radius 1 is 0.963 bits per heavy atom. The van der Waals surface area contributed by atoms with Crippen LogP contribution in [0.15, 0.2) is 81.9 Å². The lowest BCUT2D eigenvalue weighted by molar-refractivity contribution is 0.572. The molecule has 0 spiro atoms. The first-order chi connectivity index (χ1) is 12.8. The van der Waals surface area contributed by atoms with E-state index in [2.05, 4.69) is 9.71 Å². The van der Waals surface area contributed by atoms with Crippen molar-refractivity contribution in [1.29, 1.82) is 0 Å². The molecule has 10 heteroatoms. The highest BCUT2D eigenvalue weighted by atomic mass is 32.2. The summed E-state index contributed by atoms with van der Waals surface area (Å²) in [5.74, 6) is -0.563. The van der Waals surface area contributed by atoms with Crippen molar-refractivity contribution in [2.45, 2.75) is 21.2 Å². The van der Waals surface area contributed by atoms with Crippen LogP contribution in [0, 0.1) is 5.82 Å². The number of halogens is 1. The minimum absolute atomic E-state index is 0.119. The molecule has 0 aliphatic heterocycles. The van der Waals surface area contributed by atoms with Gasteiger partial charge in [0.05, 0.1) is 21.0 Å². The topological polar surface area (TPSA) is 98.1 Å². The second-order valence-corrected chi connectivity index (χ2v) is 9.35. The van der Waals surface area contributed by atoms with Crippen LogP contribution in [0.1, 0.15) is 0 Å². The summed E-state index contributed by atoms with van der Waals surface area (Å²) in [6, 6.07) is 9.37. The summed E-state index contributed by atoms with van der Waals surface area (Å²) in [4.78, 5) is 3.39. The molecule has 0 radical (unpaired) electrons. The van der Waals surface area contributed by atoms with Gasteiger partial charge in [-0.1, -0.05) is 6.07 Å². The van der Waals surface area contributed by atoms with Crippen LogP contribution in [0.25, 0.3) is 0 Å². The van der Waals surface area contributed by atoms with Crippen molar-refractivity contribution in [2.75, 3.05) is 6.54 Å². The van der Waals surface area contributed by atoms with Gasteiger partial charge in [0, 0.05) is 25.5 Å². The largest absolute Gasteiger partial charge is 0.336 e. The number of sulfone groups is 1. The molecule has 7 nitrogen and oxygen atoms in total. The third-order valence-electron chi connectivity index (χ3n) is 3.77. The van der Waals surface area contributed by atoms with Crippen molar-refractivity contribution in [3.05, 3.63) is 73.1 Å². The van der Waals surface area contributed by atoms with E-state index < -0.39 is 25.7 Å². The van der Waals surface area contributed by atoms with Crippen LogP contribution >= 0.6 is 0 Å². The summed E-state index contributed by atoms with van der Waals surface area (Å²) in [6.45, 7) is 0.500. The van der Waals surface area contributed by atoms with Gasteiger partial charge in [-0.15, -0.1) is 0 Å². The highest BCUT2D eigenvalue weighted by Gasteiger charge is 2.21. The predicted molar refractivity (Wildman–Crippen MR) is 95.7 cm³/mol. The summed E-state index contributed by atoms with van der Waals surface area (Å²) < 4.78 is 67.3. The zero-order valence-corrected chi connectivity index (χ0v) is 15.6. The second kappa shape index (κ2) is 7.59. The molecule has 2 aromatic carbocycles. The average molecular weight is 409 g/mol. The molecule has 142 valence electrons. The molecular weight excluding hydrogens is 393 g/mol. The molecule has 0 aliphatic carbocycles. The molecule has 0 unspecified atom stereocenters. The van der Waals surface area contributed by atoms with Gasteiger partial charge in [0.15, 0.2) is 0 Å². The van der Waals surface area contributed by atoms with Crippen LogP contribution < -0.4 is 4.72 Å². The number of aromatic nitrogens is 2. The van der Waals surface area contributed by atoms with Crippen molar-refractivity contribution < 1.29 is 21.2 Å². The molecule has 1 aromatic heterocycles. The maximum absolute atomic E-state index is 13.0. The number of hydrogen-bond donors (Lipinski definition) is 1. The molecule has 3 aromatic rings. The fourth-order valence-corrected chi connectivity index (χ4v) is 4.82. The fourth-order valence-electron chi connectivity index (χ4n) is 2.37. The van der Waals surface area contributed by atoms with Crippen LogP contribution in [0.3, 0.4) is 0 Å². The number of nitrogens with zero attached hydrogens (tertiary/aromatic N) is 2. The van der Waals surface area contributed by atoms with Crippen molar-refractivity contribution in [1.82, 2.24) is 14.3 Å². The van der Waals surface area contributed by atoms with Gasteiger partial charge in [-0.25, -0.2) is 30.9 Å². The molecule has 0 fully saturated rings. The van der Waals surface area contributed by atoms with Gasteiger partial charge in [0.1, 0.15) is 5.82 Å². The van der Waals surface area contributed by atoms with Gasteiger partial charge in [-0.3, -0.25) is 0 Å². The van der Waals surface area contributed by atoms with Gasteiger partial charge in [0.2, 0.25) is 19.9 Å². The van der Waals surface area contributed by atoms with Gasteiger partial charge >= 0.3 is 0 Å². The van der Waals surface area contributed by atoms with E-state index in [0.717, 1.165) is 30.3 Å². The summed E-state index contributed by atoms with van der Waals surface area (Å²) in [6.07, 6.45) is 4.84. The zero-order chi connectivity index (χ0) is 19.5. The number of imidazole rings is 1. The second-order valence-electron chi connectivity index (χ2n) is 5.63. The Labute approximate surface area is 156 Å². The predicted octanol–water partition coefficient (Wildman–Crippen LogP) is 1.83. The summed E-state index contributed by atoms with van der Waals surface area (Å²) >= 11 is 0. The third kappa shape index (κ3) is 4.41. The van der Waals surface area contributed by atoms with Crippen molar-refractivity contribution >= 4 is 19.9 Å². The molecule has 0 saturated carbocycles. The number of hydrogen-bond acceptors (Lipinski definition) is 5. The SMILES string of the molecule is O=S(=O)(NCCn1ccnc1)c1cccc(S(=O)(=O)c2ccc(F)cc2)c1.